The van der Waals surface area contributed by atoms with Crippen LogP contribution in [0, 0.1) is 6.92 Å². The molecule has 1 aromatic heterocycles. The number of aromatic nitrogens is 1. The Morgan fingerprint density at radius 2 is 1.92 bits per heavy atom. The molecule has 0 aliphatic heterocycles. The highest BCUT2D eigenvalue weighted by atomic mass is 14.9. The van der Waals surface area contributed by atoms with Gasteiger partial charge in [0.15, 0.2) is 0 Å². The summed E-state index contributed by atoms with van der Waals surface area (Å²) in [5, 5.41) is 0. The molecule has 0 fully saturated rings. The van der Waals surface area contributed by atoms with Crippen LogP contribution in [-0.4, -0.2) is 4.98 Å². The summed E-state index contributed by atoms with van der Waals surface area (Å²) in [4.78, 5) is 4.15. The average Bonchev–Trinajstić information content (AvgIpc) is 1.96. The molecule has 0 spiro atoms. The van der Waals surface area contributed by atoms with Gasteiger partial charge in [0.2, 0.25) is 0 Å². The van der Waals surface area contributed by atoms with Gasteiger partial charge in [-0.05, 0) is 24.5 Å². The fraction of sp³-hybridized carbons (Fsp3) is 0.444. The molecule has 0 unspecified atom stereocenters. The van der Waals surface area contributed by atoms with E-state index >= 15 is 0 Å². The van der Waals surface area contributed by atoms with Crippen LogP contribution in [0.3, 0.4) is 0 Å². The van der Waals surface area contributed by atoms with E-state index < -0.39 is 0 Å². The van der Waals surface area contributed by atoms with Crippen LogP contribution in [0.15, 0.2) is 6.07 Å². The summed E-state index contributed by atoms with van der Waals surface area (Å²) in [7, 11) is 0. The van der Waals surface area contributed by atoms with E-state index in [0.29, 0.717) is 17.4 Å². The van der Waals surface area contributed by atoms with Crippen molar-refractivity contribution in [2.24, 2.45) is 0 Å². The van der Waals surface area contributed by atoms with Crippen molar-refractivity contribution in [1.82, 2.24) is 4.98 Å². The van der Waals surface area contributed by atoms with E-state index in [9.17, 15) is 0 Å². The molecule has 0 atom stereocenters. The third-order valence-electron chi connectivity index (χ3n) is 1.93. The fourth-order valence-electron chi connectivity index (χ4n) is 1.12. The SMILES string of the molecule is Cc1nc(N)c(C(C)C)cc1N. The van der Waals surface area contributed by atoms with Crippen LogP contribution in [0.25, 0.3) is 0 Å². The first-order chi connectivity index (χ1) is 5.52. The summed E-state index contributed by atoms with van der Waals surface area (Å²) in [6, 6.07) is 1.91. The summed E-state index contributed by atoms with van der Waals surface area (Å²) in [5.74, 6) is 0.970. The van der Waals surface area contributed by atoms with Gasteiger partial charge in [-0.3, -0.25) is 0 Å². The van der Waals surface area contributed by atoms with Crippen LogP contribution in [0.2, 0.25) is 0 Å². The van der Waals surface area contributed by atoms with Gasteiger partial charge < -0.3 is 11.5 Å². The number of anilines is 2. The number of pyridine rings is 1. The second kappa shape index (κ2) is 3.01. The predicted octanol–water partition coefficient (Wildman–Crippen LogP) is 1.68. The number of nitrogens with zero attached hydrogens (tertiary/aromatic N) is 1. The lowest BCUT2D eigenvalue weighted by Gasteiger charge is -2.10. The quantitative estimate of drug-likeness (QED) is 0.665. The molecule has 3 nitrogen and oxygen atoms in total. The van der Waals surface area contributed by atoms with Crippen LogP contribution in [0.4, 0.5) is 11.5 Å². The van der Waals surface area contributed by atoms with Gasteiger partial charge in [0.25, 0.3) is 0 Å². The zero-order valence-electron chi connectivity index (χ0n) is 7.76. The van der Waals surface area contributed by atoms with Gasteiger partial charge in [0.1, 0.15) is 5.82 Å². The largest absolute Gasteiger partial charge is 0.397 e. The minimum Gasteiger partial charge on any atom is -0.397 e. The Morgan fingerprint density at radius 1 is 1.33 bits per heavy atom. The van der Waals surface area contributed by atoms with Gasteiger partial charge in [-0.2, -0.15) is 0 Å². The molecule has 12 heavy (non-hydrogen) atoms. The summed E-state index contributed by atoms with van der Waals surface area (Å²) >= 11 is 0. The van der Waals surface area contributed by atoms with E-state index in [1.807, 2.05) is 13.0 Å². The monoisotopic (exact) mass is 165 g/mol. The number of nitrogens with two attached hydrogens (primary N) is 2. The molecule has 0 bridgehead atoms. The number of rotatable bonds is 1. The Kier molecular flexibility index (Phi) is 2.22. The zero-order chi connectivity index (χ0) is 9.30. The molecule has 3 heteroatoms. The van der Waals surface area contributed by atoms with Gasteiger partial charge in [-0.15, -0.1) is 0 Å². The summed E-state index contributed by atoms with van der Waals surface area (Å²) in [5.41, 5.74) is 14.0. The van der Waals surface area contributed by atoms with Crippen molar-refractivity contribution in [2.45, 2.75) is 26.7 Å². The molecule has 0 saturated heterocycles. The predicted molar refractivity (Wildman–Crippen MR) is 51.9 cm³/mol. The Balaban J connectivity index is 3.23. The normalized spacial score (nSPS) is 10.7. The van der Waals surface area contributed by atoms with Gasteiger partial charge >= 0.3 is 0 Å². The van der Waals surface area contributed by atoms with Gasteiger partial charge in [0, 0.05) is 0 Å². The molecule has 0 amide bonds. The van der Waals surface area contributed by atoms with E-state index in [1.54, 1.807) is 0 Å². The molecule has 0 saturated carbocycles. The summed E-state index contributed by atoms with van der Waals surface area (Å²) < 4.78 is 0. The lowest BCUT2D eigenvalue weighted by molar-refractivity contribution is 0.861. The highest BCUT2D eigenvalue weighted by Crippen LogP contribution is 2.23. The minimum atomic E-state index is 0.375. The third-order valence-corrected chi connectivity index (χ3v) is 1.93. The molecule has 0 aliphatic carbocycles. The maximum absolute atomic E-state index is 5.72. The lowest BCUT2D eigenvalue weighted by atomic mass is 10.0. The van der Waals surface area contributed by atoms with Crippen LogP contribution in [0.1, 0.15) is 31.0 Å². The van der Waals surface area contributed by atoms with E-state index in [4.69, 9.17) is 11.5 Å². The highest BCUT2D eigenvalue weighted by Gasteiger charge is 2.07. The first-order valence-corrected chi connectivity index (χ1v) is 4.05. The average molecular weight is 165 g/mol. The van der Waals surface area contributed by atoms with Crippen molar-refractivity contribution in [3.63, 3.8) is 0 Å². The molecule has 66 valence electrons. The second-order valence-electron chi connectivity index (χ2n) is 3.29. The summed E-state index contributed by atoms with van der Waals surface area (Å²) in [6.45, 7) is 6.00. The summed E-state index contributed by atoms with van der Waals surface area (Å²) in [6.07, 6.45) is 0. The fourth-order valence-corrected chi connectivity index (χ4v) is 1.12. The smallest absolute Gasteiger partial charge is 0.127 e. The zero-order valence-corrected chi connectivity index (χ0v) is 7.76. The van der Waals surface area contributed by atoms with Crippen LogP contribution in [-0.2, 0) is 0 Å². The van der Waals surface area contributed by atoms with E-state index in [2.05, 4.69) is 18.8 Å². The van der Waals surface area contributed by atoms with Crippen LogP contribution in [0.5, 0.6) is 0 Å². The molecule has 4 N–H and O–H groups in total. The Morgan fingerprint density at radius 3 is 2.42 bits per heavy atom. The van der Waals surface area contributed by atoms with Gasteiger partial charge in [-0.1, -0.05) is 13.8 Å². The molecule has 1 heterocycles. The first kappa shape index (κ1) is 8.84. The number of hydrogen-bond donors (Lipinski definition) is 2. The van der Waals surface area contributed by atoms with Crippen molar-refractivity contribution in [3.05, 3.63) is 17.3 Å². The van der Waals surface area contributed by atoms with Crippen molar-refractivity contribution in [1.29, 1.82) is 0 Å². The third kappa shape index (κ3) is 1.49. The van der Waals surface area contributed by atoms with Crippen molar-refractivity contribution < 1.29 is 0 Å². The van der Waals surface area contributed by atoms with Gasteiger partial charge in [-0.25, -0.2) is 4.98 Å². The topological polar surface area (TPSA) is 64.9 Å². The molecular formula is C9H15N3. The lowest BCUT2D eigenvalue weighted by Crippen LogP contribution is -2.03. The van der Waals surface area contributed by atoms with Gasteiger partial charge in [0.05, 0.1) is 11.4 Å². The van der Waals surface area contributed by atoms with E-state index in [1.165, 1.54) is 0 Å². The maximum Gasteiger partial charge on any atom is 0.127 e. The molecule has 0 aromatic carbocycles. The highest BCUT2D eigenvalue weighted by molar-refractivity contribution is 5.54. The molecule has 1 aromatic rings. The Hall–Kier alpha value is -1.25. The molecular weight excluding hydrogens is 150 g/mol. The number of nitrogen functional groups attached to an aromatic ring is 2. The van der Waals surface area contributed by atoms with E-state index in [-0.39, 0.29) is 0 Å². The van der Waals surface area contributed by atoms with Crippen LogP contribution >= 0.6 is 0 Å². The second-order valence-corrected chi connectivity index (χ2v) is 3.29. The number of aryl methyl sites for hydroxylation is 1. The molecule has 0 radical (unpaired) electrons. The standard InChI is InChI=1S/C9H15N3/c1-5(2)7-4-8(10)6(3)12-9(7)11/h4-5H,10H2,1-3H3,(H2,11,12). The number of hydrogen-bond acceptors (Lipinski definition) is 3. The molecule has 0 aliphatic rings. The van der Waals surface area contributed by atoms with Crippen molar-refractivity contribution in [2.75, 3.05) is 11.5 Å². The Labute approximate surface area is 72.8 Å². The molecule has 1 rings (SSSR count). The first-order valence-electron chi connectivity index (χ1n) is 4.05. The van der Waals surface area contributed by atoms with E-state index in [0.717, 1.165) is 11.3 Å². The minimum absolute atomic E-state index is 0.375. The van der Waals surface area contributed by atoms with Crippen LogP contribution < -0.4 is 11.5 Å². The van der Waals surface area contributed by atoms with Crippen molar-refractivity contribution in [3.8, 4) is 0 Å². The van der Waals surface area contributed by atoms with Crippen molar-refractivity contribution >= 4 is 11.5 Å². The maximum atomic E-state index is 5.72. The Bertz CT molecular complexity index is 292.